The van der Waals surface area contributed by atoms with Gasteiger partial charge < -0.3 is 10.5 Å². The van der Waals surface area contributed by atoms with Gasteiger partial charge in [-0.3, -0.25) is 9.80 Å². The van der Waals surface area contributed by atoms with Gasteiger partial charge in [-0.25, -0.2) is 5.01 Å². The first-order valence-corrected chi connectivity index (χ1v) is 12.0. The number of rotatable bonds is 3. The molecule has 6 nitrogen and oxygen atoms in total. The van der Waals surface area contributed by atoms with Crippen LogP contribution in [-0.4, -0.2) is 42.1 Å². The highest BCUT2D eigenvalue weighted by atomic mass is 35.5. The number of ketones is 1. The van der Waals surface area contributed by atoms with E-state index in [2.05, 4.69) is 23.2 Å². The highest BCUT2D eigenvalue weighted by Gasteiger charge is 2.44. The van der Waals surface area contributed by atoms with Gasteiger partial charge in [0.2, 0.25) is 0 Å². The van der Waals surface area contributed by atoms with Crippen LogP contribution in [0.15, 0.2) is 71.2 Å². The summed E-state index contributed by atoms with van der Waals surface area (Å²) in [6, 6.07) is 17.5. The fourth-order valence-corrected chi connectivity index (χ4v) is 5.71. The molecule has 8 heteroatoms. The minimum atomic E-state index is -0.633. The number of morpholine rings is 1. The van der Waals surface area contributed by atoms with Crippen molar-refractivity contribution in [2.24, 2.45) is 5.73 Å². The monoisotopic (exact) mass is 494 g/mol. The molecule has 1 aliphatic carbocycles. The first-order chi connectivity index (χ1) is 16.5. The van der Waals surface area contributed by atoms with E-state index in [1.54, 1.807) is 18.2 Å². The Balaban J connectivity index is 1.69. The lowest BCUT2D eigenvalue weighted by Gasteiger charge is -2.47. The summed E-state index contributed by atoms with van der Waals surface area (Å²) in [7, 11) is 0. The van der Waals surface area contributed by atoms with Gasteiger partial charge in [-0.2, -0.15) is 5.26 Å². The molecule has 2 atom stereocenters. The zero-order valence-corrected chi connectivity index (χ0v) is 20.0. The first kappa shape index (κ1) is 22.9. The van der Waals surface area contributed by atoms with Gasteiger partial charge in [-0.15, -0.1) is 0 Å². The van der Waals surface area contributed by atoms with Crippen molar-refractivity contribution in [3.63, 3.8) is 0 Å². The maximum absolute atomic E-state index is 13.8. The summed E-state index contributed by atoms with van der Waals surface area (Å²) in [5, 5.41) is 15.1. The molecule has 2 heterocycles. The Bertz CT molecular complexity index is 1230. The number of ether oxygens (including phenoxy) is 1. The van der Waals surface area contributed by atoms with Crippen LogP contribution in [0, 0.1) is 11.3 Å². The fraction of sp³-hybridized carbons (Fsp3) is 0.308. The van der Waals surface area contributed by atoms with Gasteiger partial charge in [0, 0.05) is 40.8 Å². The molecule has 0 unspecified atom stereocenters. The number of nitrogens with zero attached hydrogens (tertiary/aromatic N) is 3. The molecule has 0 spiro atoms. The lowest BCUT2D eigenvalue weighted by Crippen LogP contribution is -2.52. The molecule has 3 aliphatic rings. The van der Waals surface area contributed by atoms with Crippen LogP contribution in [0.1, 0.15) is 35.8 Å². The molecule has 0 aromatic heterocycles. The van der Waals surface area contributed by atoms with Crippen molar-refractivity contribution in [3.05, 3.63) is 92.4 Å². The van der Waals surface area contributed by atoms with Crippen molar-refractivity contribution in [3.8, 4) is 6.07 Å². The normalized spacial score (nSPS) is 23.7. The quantitative estimate of drug-likeness (QED) is 0.663. The van der Waals surface area contributed by atoms with E-state index < -0.39 is 5.92 Å². The molecular formula is C26H24Cl2N4O2. The van der Waals surface area contributed by atoms with Crippen molar-refractivity contribution >= 4 is 29.0 Å². The van der Waals surface area contributed by atoms with Crippen LogP contribution in [0.2, 0.25) is 10.0 Å². The van der Waals surface area contributed by atoms with E-state index in [0.717, 1.165) is 11.3 Å². The summed E-state index contributed by atoms with van der Waals surface area (Å²) in [5.74, 6) is -0.273. The zero-order chi connectivity index (χ0) is 23.8. The standard InChI is InChI=1S/C26H24Cl2N4O2/c27-18-6-7-19(21(28)14-18)24-20(15-29)26(30)32(31-8-10-34-11-9-31)22-12-17(13-23(33)25(22)24)16-4-2-1-3-5-16/h1-7,14,17,24H,8-13,30H2/t17-,24+/m1/s1. The van der Waals surface area contributed by atoms with Crippen LogP contribution >= 0.6 is 23.2 Å². The van der Waals surface area contributed by atoms with Gasteiger partial charge in [-0.05, 0) is 35.6 Å². The Morgan fingerprint density at radius 1 is 1.06 bits per heavy atom. The Hall–Kier alpha value is -2.82. The molecule has 5 rings (SSSR count). The summed E-state index contributed by atoms with van der Waals surface area (Å²) in [4.78, 5) is 13.8. The van der Waals surface area contributed by atoms with Crippen molar-refractivity contribution < 1.29 is 9.53 Å². The minimum Gasteiger partial charge on any atom is -0.383 e. The van der Waals surface area contributed by atoms with Crippen LogP contribution in [-0.2, 0) is 9.53 Å². The van der Waals surface area contributed by atoms with Gasteiger partial charge in [0.25, 0.3) is 0 Å². The number of benzene rings is 2. The predicted molar refractivity (Wildman–Crippen MR) is 131 cm³/mol. The molecule has 2 N–H and O–H groups in total. The van der Waals surface area contributed by atoms with E-state index in [4.69, 9.17) is 33.7 Å². The number of carbonyl (C=O) groups is 1. The second-order valence-electron chi connectivity index (χ2n) is 8.69. The zero-order valence-electron chi connectivity index (χ0n) is 18.5. The summed E-state index contributed by atoms with van der Waals surface area (Å²) in [6.07, 6.45) is 0.990. The molecule has 0 bridgehead atoms. The average molecular weight is 495 g/mol. The molecule has 0 amide bonds. The lowest BCUT2D eigenvalue weighted by molar-refractivity contribution is -0.117. The number of carbonyl (C=O) groups excluding carboxylic acids is 1. The molecule has 2 aromatic rings. The Morgan fingerprint density at radius 3 is 2.47 bits per heavy atom. The van der Waals surface area contributed by atoms with Gasteiger partial charge in [0.15, 0.2) is 5.78 Å². The lowest BCUT2D eigenvalue weighted by atomic mass is 9.72. The molecule has 2 aliphatic heterocycles. The minimum absolute atomic E-state index is 0.00429. The molecule has 0 saturated carbocycles. The summed E-state index contributed by atoms with van der Waals surface area (Å²) in [6.45, 7) is 2.34. The van der Waals surface area contributed by atoms with Crippen molar-refractivity contribution in [2.75, 3.05) is 26.3 Å². The Morgan fingerprint density at radius 2 is 1.79 bits per heavy atom. The van der Waals surface area contributed by atoms with E-state index in [1.807, 2.05) is 23.2 Å². The number of nitriles is 1. The number of Topliss-reactive ketones (excluding diaryl/α,β-unsaturated/α-hetero) is 1. The van der Waals surface area contributed by atoms with Gasteiger partial charge >= 0.3 is 0 Å². The van der Waals surface area contributed by atoms with E-state index in [9.17, 15) is 10.1 Å². The Labute approximate surface area is 208 Å². The van der Waals surface area contributed by atoms with E-state index in [0.29, 0.717) is 71.7 Å². The summed E-state index contributed by atoms with van der Waals surface area (Å²) >= 11 is 12.7. The maximum atomic E-state index is 13.8. The molecule has 34 heavy (non-hydrogen) atoms. The van der Waals surface area contributed by atoms with E-state index in [1.165, 1.54) is 0 Å². The molecule has 2 aromatic carbocycles. The number of allylic oxidation sites excluding steroid dienone is 3. The van der Waals surface area contributed by atoms with Crippen molar-refractivity contribution in [1.82, 2.24) is 10.0 Å². The maximum Gasteiger partial charge on any atom is 0.162 e. The van der Waals surface area contributed by atoms with Crippen molar-refractivity contribution in [2.45, 2.75) is 24.7 Å². The molecular weight excluding hydrogens is 471 g/mol. The molecule has 1 fully saturated rings. The third-order valence-corrected chi connectivity index (χ3v) is 7.32. The largest absolute Gasteiger partial charge is 0.383 e. The Kier molecular flexibility index (Phi) is 6.37. The second kappa shape index (κ2) is 9.44. The number of hydrazine groups is 1. The van der Waals surface area contributed by atoms with Crippen LogP contribution in [0.25, 0.3) is 0 Å². The highest BCUT2D eigenvalue weighted by Crippen LogP contribution is 2.49. The number of hydrogen-bond donors (Lipinski definition) is 1. The van der Waals surface area contributed by atoms with Gasteiger partial charge in [-0.1, -0.05) is 59.6 Å². The number of nitrogens with two attached hydrogens (primary N) is 1. The van der Waals surface area contributed by atoms with Crippen LogP contribution < -0.4 is 5.73 Å². The smallest absolute Gasteiger partial charge is 0.162 e. The second-order valence-corrected chi connectivity index (χ2v) is 9.53. The van der Waals surface area contributed by atoms with Gasteiger partial charge in [0.1, 0.15) is 5.82 Å². The third-order valence-electron chi connectivity index (χ3n) is 6.76. The first-order valence-electron chi connectivity index (χ1n) is 11.3. The number of halogens is 2. The van der Waals surface area contributed by atoms with E-state index >= 15 is 0 Å². The van der Waals surface area contributed by atoms with Crippen LogP contribution in [0.4, 0.5) is 0 Å². The van der Waals surface area contributed by atoms with Crippen molar-refractivity contribution in [1.29, 1.82) is 5.26 Å². The number of hydrogen-bond acceptors (Lipinski definition) is 6. The molecule has 1 saturated heterocycles. The van der Waals surface area contributed by atoms with Crippen LogP contribution in [0.5, 0.6) is 0 Å². The highest BCUT2D eigenvalue weighted by molar-refractivity contribution is 6.35. The molecule has 174 valence electrons. The average Bonchev–Trinajstić information content (AvgIpc) is 2.84. The summed E-state index contributed by atoms with van der Waals surface area (Å²) < 4.78 is 5.54. The SMILES string of the molecule is N#CC1=C(N)N(N2CCOCC2)C2=C(C(=O)C[C@H](c3ccccc3)C2)[C@H]1c1ccc(Cl)cc1Cl. The van der Waals surface area contributed by atoms with Crippen LogP contribution in [0.3, 0.4) is 0 Å². The van der Waals surface area contributed by atoms with E-state index in [-0.39, 0.29) is 11.7 Å². The predicted octanol–water partition coefficient (Wildman–Crippen LogP) is 4.73. The topological polar surface area (TPSA) is 82.6 Å². The third kappa shape index (κ3) is 3.99. The molecule has 0 radical (unpaired) electrons. The van der Waals surface area contributed by atoms with Gasteiger partial charge in [0.05, 0.1) is 30.8 Å². The summed E-state index contributed by atoms with van der Waals surface area (Å²) in [5.41, 5.74) is 10.2. The fourth-order valence-electron chi connectivity index (χ4n) is 5.20.